The Labute approximate surface area is 120 Å². The maximum absolute atomic E-state index is 12.1. The molecule has 0 spiro atoms. The van der Waals surface area contributed by atoms with Gasteiger partial charge in [-0.2, -0.15) is 0 Å². The van der Waals surface area contributed by atoms with E-state index in [0.717, 1.165) is 19.5 Å². The minimum Gasteiger partial charge on any atom is -0.460 e. The van der Waals surface area contributed by atoms with Crippen molar-refractivity contribution in [3.63, 3.8) is 0 Å². The normalized spacial score (nSPS) is 23.8. The molecule has 2 rings (SSSR count). The minimum atomic E-state index is -0.455. The SMILES string of the molecule is CC(C)(C)OC(=O)C1CCN(Cc2ccccc2)C1N. The maximum atomic E-state index is 12.1. The number of hydrogen-bond acceptors (Lipinski definition) is 4. The molecule has 1 fully saturated rings. The first-order chi connectivity index (χ1) is 9.37. The predicted molar refractivity (Wildman–Crippen MR) is 78.8 cm³/mol. The van der Waals surface area contributed by atoms with Crippen LogP contribution < -0.4 is 5.73 Å². The van der Waals surface area contributed by atoms with Gasteiger partial charge in [0.2, 0.25) is 0 Å². The second kappa shape index (κ2) is 5.94. The van der Waals surface area contributed by atoms with Crippen molar-refractivity contribution in [3.05, 3.63) is 35.9 Å². The molecule has 1 aliphatic heterocycles. The molecule has 0 aromatic heterocycles. The van der Waals surface area contributed by atoms with Crippen molar-refractivity contribution >= 4 is 5.97 Å². The van der Waals surface area contributed by atoms with Gasteiger partial charge in [0.05, 0.1) is 12.1 Å². The Balaban J connectivity index is 1.95. The van der Waals surface area contributed by atoms with E-state index in [1.54, 1.807) is 0 Å². The summed E-state index contributed by atoms with van der Waals surface area (Å²) in [6.45, 7) is 7.26. The Morgan fingerprint density at radius 2 is 2.00 bits per heavy atom. The van der Waals surface area contributed by atoms with Crippen LogP contribution in [0.5, 0.6) is 0 Å². The van der Waals surface area contributed by atoms with E-state index in [1.165, 1.54) is 5.56 Å². The van der Waals surface area contributed by atoms with Crippen LogP contribution in [-0.4, -0.2) is 29.2 Å². The maximum Gasteiger partial charge on any atom is 0.312 e. The summed E-state index contributed by atoms with van der Waals surface area (Å²) in [4.78, 5) is 14.3. The average Bonchev–Trinajstić information content (AvgIpc) is 2.70. The topological polar surface area (TPSA) is 55.6 Å². The van der Waals surface area contributed by atoms with Crippen molar-refractivity contribution in [3.8, 4) is 0 Å². The Hall–Kier alpha value is -1.39. The number of rotatable bonds is 3. The molecule has 0 bridgehead atoms. The summed E-state index contributed by atoms with van der Waals surface area (Å²) in [6, 6.07) is 10.2. The molecule has 1 aliphatic rings. The summed E-state index contributed by atoms with van der Waals surface area (Å²) in [7, 11) is 0. The number of esters is 1. The summed E-state index contributed by atoms with van der Waals surface area (Å²) in [5, 5.41) is 0. The smallest absolute Gasteiger partial charge is 0.312 e. The lowest BCUT2D eigenvalue weighted by molar-refractivity contribution is -0.160. The monoisotopic (exact) mass is 276 g/mol. The number of ether oxygens (including phenoxy) is 1. The number of carbonyl (C=O) groups excluding carboxylic acids is 1. The van der Waals surface area contributed by atoms with Crippen LogP contribution in [0.3, 0.4) is 0 Å². The van der Waals surface area contributed by atoms with E-state index < -0.39 is 5.60 Å². The molecule has 1 heterocycles. The van der Waals surface area contributed by atoms with Crippen LogP contribution in [0.2, 0.25) is 0 Å². The molecule has 1 aromatic rings. The number of benzene rings is 1. The summed E-state index contributed by atoms with van der Waals surface area (Å²) in [5.74, 6) is -0.404. The first-order valence-corrected chi connectivity index (χ1v) is 7.13. The van der Waals surface area contributed by atoms with Crippen molar-refractivity contribution in [2.45, 2.75) is 45.5 Å². The van der Waals surface area contributed by atoms with Crippen LogP contribution in [0.1, 0.15) is 32.8 Å². The van der Waals surface area contributed by atoms with E-state index >= 15 is 0 Å². The van der Waals surface area contributed by atoms with Crippen LogP contribution >= 0.6 is 0 Å². The van der Waals surface area contributed by atoms with Gasteiger partial charge in [0.25, 0.3) is 0 Å². The summed E-state index contributed by atoms with van der Waals surface area (Å²) < 4.78 is 5.44. The van der Waals surface area contributed by atoms with E-state index in [9.17, 15) is 4.79 Å². The van der Waals surface area contributed by atoms with Gasteiger partial charge in [-0.1, -0.05) is 30.3 Å². The molecule has 0 amide bonds. The molecule has 0 aliphatic carbocycles. The van der Waals surface area contributed by atoms with E-state index in [4.69, 9.17) is 10.5 Å². The van der Waals surface area contributed by atoms with E-state index in [0.29, 0.717) is 0 Å². The van der Waals surface area contributed by atoms with E-state index in [2.05, 4.69) is 17.0 Å². The van der Waals surface area contributed by atoms with Crippen molar-refractivity contribution in [2.24, 2.45) is 11.7 Å². The molecule has 20 heavy (non-hydrogen) atoms. The first kappa shape index (κ1) is 15.0. The van der Waals surface area contributed by atoms with Crippen LogP contribution in [0, 0.1) is 5.92 Å². The largest absolute Gasteiger partial charge is 0.460 e. The molecule has 1 aromatic carbocycles. The highest BCUT2D eigenvalue weighted by molar-refractivity contribution is 5.74. The number of likely N-dealkylation sites (tertiary alicyclic amines) is 1. The quantitative estimate of drug-likeness (QED) is 0.859. The fourth-order valence-corrected chi connectivity index (χ4v) is 2.52. The fourth-order valence-electron chi connectivity index (χ4n) is 2.52. The van der Waals surface area contributed by atoms with E-state index in [1.807, 2.05) is 39.0 Å². The van der Waals surface area contributed by atoms with Gasteiger partial charge < -0.3 is 10.5 Å². The Bertz CT molecular complexity index is 453. The lowest BCUT2D eigenvalue weighted by Crippen LogP contribution is -2.44. The average molecular weight is 276 g/mol. The summed E-state index contributed by atoms with van der Waals surface area (Å²) in [6.07, 6.45) is 0.508. The van der Waals surface area contributed by atoms with Gasteiger partial charge in [-0.05, 0) is 32.8 Å². The highest BCUT2D eigenvalue weighted by Crippen LogP contribution is 2.25. The number of hydrogen-bond donors (Lipinski definition) is 1. The molecule has 0 saturated carbocycles. The molecule has 0 radical (unpaired) electrons. The molecule has 4 nitrogen and oxygen atoms in total. The standard InChI is InChI=1S/C16H24N2O2/c1-16(2,3)20-15(19)13-9-10-18(14(13)17)11-12-7-5-4-6-8-12/h4-8,13-14H,9-11,17H2,1-3H3. The van der Waals surface area contributed by atoms with Gasteiger partial charge in [0.15, 0.2) is 0 Å². The minimum absolute atomic E-state index is 0.180. The third-order valence-electron chi connectivity index (χ3n) is 3.50. The van der Waals surface area contributed by atoms with Crippen molar-refractivity contribution in [1.29, 1.82) is 0 Å². The van der Waals surface area contributed by atoms with Crippen molar-refractivity contribution in [1.82, 2.24) is 4.90 Å². The Morgan fingerprint density at radius 1 is 1.35 bits per heavy atom. The number of nitrogens with zero attached hydrogens (tertiary/aromatic N) is 1. The van der Waals surface area contributed by atoms with Crippen LogP contribution in [-0.2, 0) is 16.1 Å². The van der Waals surface area contributed by atoms with Crippen LogP contribution in [0.25, 0.3) is 0 Å². The zero-order valence-corrected chi connectivity index (χ0v) is 12.5. The second-order valence-corrected chi connectivity index (χ2v) is 6.38. The third kappa shape index (κ3) is 3.81. The Kier molecular flexibility index (Phi) is 4.45. The van der Waals surface area contributed by atoms with Gasteiger partial charge >= 0.3 is 5.97 Å². The van der Waals surface area contributed by atoms with Crippen molar-refractivity contribution < 1.29 is 9.53 Å². The fraction of sp³-hybridized carbons (Fsp3) is 0.562. The Morgan fingerprint density at radius 3 is 2.60 bits per heavy atom. The molecule has 110 valence electrons. The van der Waals surface area contributed by atoms with Gasteiger partial charge in [-0.3, -0.25) is 9.69 Å². The second-order valence-electron chi connectivity index (χ2n) is 6.38. The zero-order valence-electron chi connectivity index (χ0n) is 12.5. The first-order valence-electron chi connectivity index (χ1n) is 7.13. The van der Waals surface area contributed by atoms with Crippen molar-refractivity contribution in [2.75, 3.05) is 6.54 Å². The highest BCUT2D eigenvalue weighted by atomic mass is 16.6. The molecule has 4 heteroatoms. The summed E-state index contributed by atoms with van der Waals surface area (Å²) in [5.41, 5.74) is 6.98. The van der Waals surface area contributed by atoms with Gasteiger partial charge in [-0.15, -0.1) is 0 Å². The number of carbonyl (C=O) groups is 1. The molecular weight excluding hydrogens is 252 g/mol. The van der Waals surface area contributed by atoms with E-state index in [-0.39, 0.29) is 18.1 Å². The van der Waals surface area contributed by atoms with Crippen LogP contribution in [0.15, 0.2) is 30.3 Å². The van der Waals surface area contributed by atoms with Gasteiger partial charge in [-0.25, -0.2) is 0 Å². The third-order valence-corrected chi connectivity index (χ3v) is 3.50. The van der Waals surface area contributed by atoms with Gasteiger partial charge in [0.1, 0.15) is 5.60 Å². The number of nitrogens with two attached hydrogens (primary N) is 1. The lowest BCUT2D eigenvalue weighted by Gasteiger charge is -2.26. The predicted octanol–water partition coefficient (Wildman–Crippen LogP) is 2.14. The molecule has 2 atom stereocenters. The molecule has 2 unspecified atom stereocenters. The summed E-state index contributed by atoms with van der Waals surface area (Å²) >= 11 is 0. The molecule has 2 N–H and O–H groups in total. The lowest BCUT2D eigenvalue weighted by atomic mass is 10.1. The molecular formula is C16H24N2O2. The highest BCUT2D eigenvalue weighted by Gasteiger charge is 2.38. The molecule has 1 saturated heterocycles. The van der Waals surface area contributed by atoms with Gasteiger partial charge in [0, 0.05) is 13.1 Å². The zero-order chi connectivity index (χ0) is 14.8. The van der Waals surface area contributed by atoms with Crippen LogP contribution in [0.4, 0.5) is 0 Å².